The van der Waals surface area contributed by atoms with Crippen molar-refractivity contribution in [1.82, 2.24) is 20.1 Å². The predicted octanol–water partition coefficient (Wildman–Crippen LogP) is 4.48. The van der Waals surface area contributed by atoms with Gasteiger partial charge in [-0.1, -0.05) is 54.9 Å². The van der Waals surface area contributed by atoms with Crippen molar-refractivity contribution in [3.63, 3.8) is 0 Å². The lowest BCUT2D eigenvalue weighted by atomic mass is 10.2. The maximum Gasteiger partial charge on any atom is 0.233 e. The Morgan fingerprint density at radius 3 is 2.63 bits per heavy atom. The van der Waals surface area contributed by atoms with Crippen LogP contribution in [-0.2, 0) is 4.79 Å². The minimum Gasteiger partial charge on any atom is -0.497 e. The molecule has 1 N–H and O–H groups in total. The molecular formula is C23H26N4O2S. The van der Waals surface area contributed by atoms with Crippen LogP contribution in [0.25, 0.3) is 17.1 Å². The van der Waals surface area contributed by atoms with E-state index in [0.717, 1.165) is 29.8 Å². The van der Waals surface area contributed by atoms with Gasteiger partial charge in [0, 0.05) is 17.3 Å². The van der Waals surface area contributed by atoms with Gasteiger partial charge in [0.05, 0.1) is 12.4 Å². The van der Waals surface area contributed by atoms with E-state index >= 15 is 0 Å². The summed E-state index contributed by atoms with van der Waals surface area (Å²) in [7, 11) is 1.65. The zero-order valence-electron chi connectivity index (χ0n) is 17.2. The van der Waals surface area contributed by atoms with Crippen molar-refractivity contribution < 1.29 is 9.53 Å². The smallest absolute Gasteiger partial charge is 0.233 e. The van der Waals surface area contributed by atoms with Crippen LogP contribution in [-0.4, -0.2) is 39.1 Å². The molecule has 0 saturated heterocycles. The standard InChI is InChI=1S/C23H26N4O2S/c1-16(22(28)24-18-10-6-7-11-18)30-23-26-25-21(17-9-8-14-20(15-17)29-2)27(23)19-12-4-3-5-13-19/h3-5,8-9,12-16,18H,6-7,10-11H2,1-2H3,(H,24,28). The van der Waals surface area contributed by atoms with Gasteiger partial charge >= 0.3 is 0 Å². The van der Waals surface area contributed by atoms with Crippen molar-refractivity contribution in [3.8, 4) is 22.8 Å². The van der Waals surface area contributed by atoms with Crippen molar-refractivity contribution in [3.05, 3.63) is 54.6 Å². The first-order chi connectivity index (χ1) is 14.7. The minimum atomic E-state index is -0.268. The van der Waals surface area contributed by atoms with Crippen molar-refractivity contribution in [2.75, 3.05) is 7.11 Å². The molecule has 1 aliphatic rings. The van der Waals surface area contributed by atoms with Gasteiger partial charge in [0.25, 0.3) is 0 Å². The molecule has 1 amide bonds. The third kappa shape index (κ3) is 4.51. The van der Waals surface area contributed by atoms with Crippen LogP contribution in [0.15, 0.2) is 59.8 Å². The van der Waals surface area contributed by atoms with Gasteiger partial charge in [0.15, 0.2) is 11.0 Å². The summed E-state index contributed by atoms with van der Waals surface area (Å²) >= 11 is 1.43. The lowest BCUT2D eigenvalue weighted by Crippen LogP contribution is -2.37. The van der Waals surface area contributed by atoms with E-state index in [1.807, 2.05) is 66.1 Å². The number of nitrogens with zero attached hydrogens (tertiary/aromatic N) is 3. The Morgan fingerprint density at radius 1 is 1.13 bits per heavy atom. The quantitative estimate of drug-likeness (QED) is 0.569. The summed E-state index contributed by atoms with van der Waals surface area (Å²) in [6.07, 6.45) is 4.53. The zero-order valence-corrected chi connectivity index (χ0v) is 18.1. The molecule has 1 atom stereocenters. The van der Waals surface area contributed by atoms with Crippen LogP contribution >= 0.6 is 11.8 Å². The number of methoxy groups -OCH3 is 1. The summed E-state index contributed by atoms with van der Waals surface area (Å²) in [5, 5.41) is 12.5. The number of aromatic nitrogens is 3. The number of hydrogen-bond acceptors (Lipinski definition) is 5. The van der Waals surface area contributed by atoms with Gasteiger partial charge in [0.2, 0.25) is 5.91 Å². The van der Waals surface area contributed by atoms with E-state index in [2.05, 4.69) is 15.5 Å². The number of amides is 1. The van der Waals surface area contributed by atoms with Crippen molar-refractivity contribution >= 4 is 17.7 Å². The molecular weight excluding hydrogens is 396 g/mol. The van der Waals surface area contributed by atoms with Crippen LogP contribution in [0.4, 0.5) is 0 Å². The summed E-state index contributed by atoms with van der Waals surface area (Å²) in [5.74, 6) is 1.53. The summed E-state index contributed by atoms with van der Waals surface area (Å²) < 4.78 is 7.37. The molecule has 0 radical (unpaired) electrons. The number of carbonyl (C=O) groups excluding carboxylic acids is 1. The molecule has 0 spiro atoms. The molecule has 1 unspecified atom stereocenters. The maximum absolute atomic E-state index is 12.7. The van der Waals surface area contributed by atoms with Crippen LogP contribution in [0.3, 0.4) is 0 Å². The first-order valence-electron chi connectivity index (χ1n) is 10.3. The van der Waals surface area contributed by atoms with E-state index in [9.17, 15) is 4.79 Å². The number of ether oxygens (including phenoxy) is 1. The van der Waals surface area contributed by atoms with Gasteiger partial charge in [0.1, 0.15) is 5.75 Å². The van der Waals surface area contributed by atoms with Gasteiger partial charge in [-0.2, -0.15) is 0 Å². The molecule has 4 rings (SSSR count). The number of para-hydroxylation sites is 1. The molecule has 0 bridgehead atoms. The first-order valence-corrected chi connectivity index (χ1v) is 11.2. The molecule has 3 aromatic rings. The molecule has 1 aliphatic carbocycles. The molecule has 1 aromatic heterocycles. The molecule has 2 aromatic carbocycles. The topological polar surface area (TPSA) is 69.0 Å². The molecule has 1 heterocycles. The molecule has 1 saturated carbocycles. The number of carbonyl (C=O) groups is 1. The van der Waals surface area contributed by atoms with E-state index < -0.39 is 0 Å². The summed E-state index contributed by atoms with van der Waals surface area (Å²) in [6.45, 7) is 1.92. The van der Waals surface area contributed by atoms with E-state index in [0.29, 0.717) is 17.0 Å². The highest BCUT2D eigenvalue weighted by Gasteiger charge is 2.24. The van der Waals surface area contributed by atoms with Crippen LogP contribution in [0.5, 0.6) is 5.75 Å². The van der Waals surface area contributed by atoms with Gasteiger partial charge in [-0.15, -0.1) is 10.2 Å². The Morgan fingerprint density at radius 2 is 1.90 bits per heavy atom. The fourth-order valence-electron chi connectivity index (χ4n) is 3.71. The van der Waals surface area contributed by atoms with Gasteiger partial charge in [-0.25, -0.2) is 0 Å². The zero-order chi connectivity index (χ0) is 20.9. The third-order valence-electron chi connectivity index (χ3n) is 5.33. The van der Waals surface area contributed by atoms with Crippen molar-refractivity contribution in [2.24, 2.45) is 0 Å². The van der Waals surface area contributed by atoms with Crippen molar-refractivity contribution in [2.45, 2.75) is 49.1 Å². The Balaban J connectivity index is 1.64. The average Bonchev–Trinajstić information content (AvgIpc) is 3.44. The van der Waals surface area contributed by atoms with Gasteiger partial charge in [-0.05, 0) is 44.0 Å². The van der Waals surface area contributed by atoms with E-state index in [-0.39, 0.29) is 11.2 Å². The minimum absolute atomic E-state index is 0.0532. The summed E-state index contributed by atoms with van der Waals surface area (Å²) in [4.78, 5) is 12.7. The highest BCUT2D eigenvalue weighted by Crippen LogP contribution is 2.31. The molecule has 7 heteroatoms. The molecule has 1 fully saturated rings. The number of thioether (sulfide) groups is 1. The fourth-order valence-corrected chi connectivity index (χ4v) is 4.58. The first kappa shape index (κ1) is 20.5. The van der Waals surface area contributed by atoms with Crippen LogP contribution < -0.4 is 10.1 Å². The molecule has 30 heavy (non-hydrogen) atoms. The summed E-state index contributed by atoms with van der Waals surface area (Å²) in [5.41, 5.74) is 1.85. The van der Waals surface area contributed by atoms with E-state index in [1.165, 1.54) is 24.6 Å². The normalized spacial score (nSPS) is 15.1. The van der Waals surface area contributed by atoms with Crippen LogP contribution in [0.2, 0.25) is 0 Å². The Kier molecular flexibility index (Phi) is 6.38. The third-order valence-corrected chi connectivity index (χ3v) is 6.37. The van der Waals surface area contributed by atoms with Gasteiger partial charge < -0.3 is 10.1 Å². The Bertz CT molecular complexity index is 999. The second kappa shape index (κ2) is 9.34. The average molecular weight is 423 g/mol. The highest BCUT2D eigenvalue weighted by molar-refractivity contribution is 8.00. The van der Waals surface area contributed by atoms with Crippen LogP contribution in [0.1, 0.15) is 32.6 Å². The summed E-state index contributed by atoms with van der Waals surface area (Å²) in [6, 6.07) is 18.0. The SMILES string of the molecule is COc1cccc(-c2nnc(SC(C)C(=O)NC3CCCC3)n2-c2ccccc2)c1. The molecule has 156 valence electrons. The predicted molar refractivity (Wildman–Crippen MR) is 119 cm³/mol. The maximum atomic E-state index is 12.7. The largest absolute Gasteiger partial charge is 0.497 e. The van der Waals surface area contributed by atoms with Crippen molar-refractivity contribution in [1.29, 1.82) is 0 Å². The molecule has 0 aliphatic heterocycles. The number of benzene rings is 2. The number of hydrogen-bond donors (Lipinski definition) is 1. The second-order valence-corrected chi connectivity index (χ2v) is 8.77. The lowest BCUT2D eigenvalue weighted by molar-refractivity contribution is -0.120. The molecule has 6 nitrogen and oxygen atoms in total. The Labute approximate surface area is 181 Å². The fraction of sp³-hybridized carbons (Fsp3) is 0.348. The second-order valence-electron chi connectivity index (χ2n) is 7.46. The van der Waals surface area contributed by atoms with Crippen LogP contribution in [0, 0.1) is 0 Å². The lowest BCUT2D eigenvalue weighted by Gasteiger charge is -2.17. The highest BCUT2D eigenvalue weighted by atomic mass is 32.2. The Hall–Kier alpha value is -2.80. The number of nitrogens with one attached hydrogen (secondary N) is 1. The monoisotopic (exact) mass is 422 g/mol. The van der Waals surface area contributed by atoms with E-state index in [1.54, 1.807) is 7.11 Å². The number of rotatable bonds is 7. The van der Waals surface area contributed by atoms with E-state index in [4.69, 9.17) is 4.74 Å². The van der Waals surface area contributed by atoms with Gasteiger partial charge in [-0.3, -0.25) is 9.36 Å².